The Hall–Kier alpha value is -4.13. The van der Waals surface area contributed by atoms with Crippen LogP contribution in [0.3, 0.4) is 0 Å². The average molecular weight is 419 g/mol. The number of ether oxygens (including phenoxy) is 3. The molecule has 0 aromatic heterocycles. The van der Waals surface area contributed by atoms with Gasteiger partial charge in [-0.1, -0.05) is 42.5 Å². The van der Waals surface area contributed by atoms with Crippen molar-refractivity contribution in [2.24, 2.45) is 0 Å². The molecule has 0 bridgehead atoms. The molecule has 31 heavy (non-hydrogen) atoms. The van der Waals surface area contributed by atoms with Gasteiger partial charge in [0.2, 0.25) is 0 Å². The highest BCUT2D eigenvalue weighted by Crippen LogP contribution is 2.24. The minimum absolute atomic E-state index is 0.103. The topological polar surface area (TPSA) is 90.9 Å². The lowest BCUT2D eigenvalue weighted by Gasteiger charge is -2.14. The number of anilines is 1. The molecule has 0 unspecified atom stereocenters. The molecule has 7 heteroatoms. The molecule has 0 spiro atoms. The maximum absolute atomic E-state index is 13.0. The Bertz CT molecular complexity index is 1090. The molecule has 3 rings (SSSR count). The van der Waals surface area contributed by atoms with Gasteiger partial charge in [0.15, 0.2) is 0 Å². The van der Waals surface area contributed by atoms with Crippen molar-refractivity contribution in [2.75, 3.05) is 19.5 Å². The van der Waals surface area contributed by atoms with Crippen molar-refractivity contribution in [1.29, 1.82) is 0 Å². The zero-order chi connectivity index (χ0) is 22.2. The van der Waals surface area contributed by atoms with Crippen LogP contribution < -0.4 is 10.1 Å². The first-order chi connectivity index (χ1) is 15.0. The van der Waals surface area contributed by atoms with Gasteiger partial charge in [-0.15, -0.1) is 0 Å². The molecule has 0 aliphatic heterocycles. The molecule has 158 valence electrons. The highest BCUT2D eigenvalue weighted by molar-refractivity contribution is 6.10. The Balaban J connectivity index is 1.87. The normalized spacial score (nSPS) is 10.1. The van der Waals surface area contributed by atoms with Crippen molar-refractivity contribution < 1.29 is 28.6 Å². The fourth-order valence-corrected chi connectivity index (χ4v) is 2.89. The molecule has 0 fully saturated rings. The molecule has 7 nitrogen and oxygen atoms in total. The van der Waals surface area contributed by atoms with Crippen LogP contribution in [-0.4, -0.2) is 32.1 Å². The number of nitrogens with one attached hydrogen (secondary N) is 1. The minimum atomic E-state index is -0.652. The first-order valence-electron chi connectivity index (χ1n) is 9.41. The van der Waals surface area contributed by atoms with Gasteiger partial charge in [-0.05, 0) is 35.9 Å². The van der Waals surface area contributed by atoms with Gasteiger partial charge in [0.05, 0.1) is 36.6 Å². The van der Waals surface area contributed by atoms with Crippen LogP contribution in [0.4, 0.5) is 5.69 Å². The number of carbonyl (C=O) groups is 3. The minimum Gasteiger partial charge on any atom is -0.488 e. The molecule has 0 aliphatic rings. The summed E-state index contributed by atoms with van der Waals surface area (Å²) in [6, 6.07) is 20.5. The monoisotopic (exact) mass is 419 g/mol. The third-order valence-electron chi connectivity index (χ3n) is 4.46. The maximum Gasteiger partial charge on any atom is 0.339 e. The Kier molecular flexibility index (Phi) is 7.01. The second-order valence-corrected chi connectivity index (χ2v) is 6.47. The number of hydrogen-bond acceptors (Lipinski definition) is 6. The van der Waals surface area contributed by atoms with Crippen LogP contribution in [0.2, 0.25) is 0 Å². The third-order valence-corrected chi connectivity index (χ3v) is 4.46. The largest absolute Gasteiger partial charge is 0.488 e. The van der Waals surface area contributed by atoms with Crippen LogP contribution in [-0.2, 0) is 16.1 Å². The zero-order valence-corrected chi connectivity index (χ0v) is 17.1. The Labute approximate surface area is 179 Å². The van der Waals surface area contributed by atoms with Crippen molar-refractivity contribution in [3.05, 3.63) is 95.1 Å². The molecule has 0 saturated carbocycles. The Morgan fingerprint density at radius 1 is 0.774 bits per heavy atom. The number of rotatable bonds is 7. The van der Waals surface area contributed by atoms with Gasteiger partial charge in [0.1, 0.15) is 12.4 Å². The van der Waals surface area contributed by atoms with Crippen LogP contribution in [0.1, 0.15) is 36.6 Å². The Morgan fingerprint density at radius 3 is 2.16 bits per heavy atom. The van der Waals surface area contributed by atoms with E-state index in [0.717, 1.165) is 5.56 Å². The molecule has 0 atom stereocenters. The molecule has 0 saturated heterocycles. The van der Waals surface area contributed by atoms with E-state index in [2.05, 4.69) is 5.32 Å². The van der Waals surface area contributed by atoms with Gasteiger partial charge in [-0.25, -0.2) is 9.59 Å². The summed E-state index contributed by atoms with van der Waals surface area (Å²) in [6.45, 7) is 0.288. The van der Waals surface area contributed by atoms with Gasteiger partial charge in [0.25, 0.3) is 5.91 Å². The molecule has 0 radical (unpaired) electrons. The van der Waals surface area contributed by atoms with Crippen LogP contribution in [0.25, 0.3) is 0 Å². The van der Waals surface area contributed by atoms with Gasteiger partial charge in [0, 0.05) is 0 Å². The van der Waals surface area contributed by atoms with Gasteiger partial charge >= 0.3 is 11.9 Å². The van der Waals surface area contributed by atoms with Crippen LogP contribution >= 0.6 is 0 Å². The lowest BCUT2D eigenvalue weighted by atomic mass is 10.1. The summed E-state index contributed by atoms with van der Waals surface area (Å²) in [6.07, 6.45) is 0. The standard InChI is InChI=1S/C24H21NO6/c1-29-23(27)17-12-13-18(24(28)30-2)20(14-17)25-22(26)19-10-6-7-11-21(19)31-15-16-8-4-3-5-9-16/h3-14H,15H2,1-2H3,(H,25,26). The number of esters is 2. The number of para-hydroxylation sites is 1. The lowest BCUT2D eigenvalue weighted by molar-refractivity contribution is 0.0587. The van der Waals surface area contributed by atoms with E-state index in [-0.39, 0.29) is 29.0 Å². The molecular formula is C24H21NO6. The summed E-state index contributed by atoms with van der Waals surface area (Å²) in [4.78, 5) is 37.0. The molecule has 3 aromatic carbocycles. The van der Waals surface area contributed by atoms with E-state index >= 15 is 0 Å². The predicted octanol–water partition coefficient (Wildman–Crippen LogP) is 4.09. The third kappa shape index (κ3) is 5.27. The quantitative estimate of drug-likeness (QED) is 0.580. The molecule has 0 heterocycles. The van der Waals surface area contributed by atoms with E-state index in [1.54, 1.807) is 24.3 Å². The SMILES string of the molecule is COC(=O)c1ccc(C(=O)OC)c(NC(=O)c2ccccc2OCc2ccccc2)c1. The van der Waals surface area contributed by atoms with Crippen LogP contribution in [0, 0.1) is 0 Å². The number of hydrogen-bond donors (Lipinski definition) is 1. The highest BCUT2D eigenvalue weighted by atomic mass is 16.5. The zero-order valence-electron chi connectivity index (χ0n) is 17.1. The van der Waals surface area contributed by atoms with Gasteiger partial charge in [-0.2, -0.15) is 0 Å². The number of methoxy groups -OCH3 is 2. The molecule has 0 aliphatic carbocycles. The molecular weight excluding hydrogens is 398 g/mol. The van der Waals surface area contributed by atoms with Gasteiger partial charge < -0.3 is 19.5 Å². The lowest BCUT2D eigenvalue weighted by Crippen LogP contribution is -2.17. The predicted molar refractivity (Wildman–Crippen MR) is 114 cm³/mol. The van der Waals surface area contributed by atoms with E-state index < -0.39 is 17.8 Å². The summed E-state index contributed by atoms with van der Waals surface area (Å²) in [5, 5.41) is 2.67. The van der Waals surface area contributed by atoms with E-state index in [0.29, 0.717) is 5.75 Å². The fraction of sp³-hybridized carbons (Fsp3) is 0.125. The smallest absolute Gasteiger partial charge is 0.339 e. The highest BCUT2D eigenvalue weighted by Gasteiger charge is 2.19. The molecule has 1 N–H and O–H groups in total. The van der Waals surface area contributed by atoms with E-state index in [1.165, 1.54) is 32.4 Å². The molecule has 1 amide bonds. The van der Waals surface area contributed by atoms with Crippen molar-refractivity contribution in [2.45, 2.75) is 6.61 Å². The number of amides is 1. The van der Waals surface area contributed by atoms with Gasteiger partial charge in [-0.3, -0.25) is 4.79 Å². The average Bonchev–Trinajstić information content (AvgIpc) is 2.82. The number of benzene rings is 3. The second-order valence-electron chi connectivity index (χ2n) is 6.47. The summed E-state index contributed by atoms with van der Waals surface area (Å²) < 4.78 is 15.3. The second kappa shape index (κ2) is 10.1. The van der Waals surface area contributed by atoms with E-state index in [1.807, 2.05) is 30.3 Å². The fourth-order valence-electron chi connectivity index (χ4n) is 2.89. The maximum atomic E-state index is 13.0. The Morgan fingerprint density at radius 2 is 1.45 bits per heavy atom. The number of carbonyl (C=O) groups excluding carboxylic acids is 3. The van der Waals surface area contributed by atoms with E-state index in [9.17, 15) is 14.4 Å². The van der Waals surface area contributed by atoms with Crippen molar-refractivity contribution in [3.63, 3.8) is 0 Å². The first-order valence-corrected chi connectivity index (χ1v) is 9.41. The van der Waals surface area contributed by atoms with Crippen molar-refractivity contribution in [3.8, 4) is 5.75 Å². The van der Waals surface area contributed by atoms with Crippen molar-refractivity contribution >= 4 is 23.5 Å². The van der Waals surface area contributed by atoms with Crippen LogP contribution in [0.15, 0.2) is 72.8 Å². The van der Waals surface area contributed by atoms with Crippen LogP contribution in [0.5, 0.6) is 5.75 Å². The van der Waals surface area contributed by atoms with Crippen molar-refractivity contribution in [1.82, 2.24) is 0 Å². The summed E-state index contributed by atoms with van der Waals surface area (Å²) >= 11 is 0. The summed E-state index contributed by atoms with van der Waals surface area (Å²) in [5.41, 5.74) is 1.64. The molecule has 3 aromatic rings. The summed E-state index contributed by atoms with van der Waals surface area (Å²) in [5.74, 6) is -1.37. The summed E-state index contributed by atoms with van der Waals surface area (Å²) in [7, 11) is 2.48. The first kappa shape index (κ1) is 21.6. The van der Waals surface area contributed by atoms with E-state index in [4.69, 9.17) is 14.2 Å².